The van der Waals surface area contributed by atoms with Crippen molar-refractivity contribution in [3.63, 3.8) is 0 Å². The van der Waals surface area contributed by atoms with Gasteiger partial charge in [0.15, 0.2) is 0 Å². The Morgan fingerprint density at radius 3 is 2.69 bits per heavy atom. The second kappa shape index (κ2) is 6.27. The maximum atomic E-state index is 3.48. The van der Waals surface area contributed by atoms with Gasteiger partial charge in [0.05, 0.1) is 0 Å². The second-order valence-corrected chi connectivity index (χ2v) is 4.84. The van der Waals surface area contributed by atoms with Crippen LogP contribution in [0.3, 0.4) is 0 Å². The van der Waals surface area contributed by atoms with E-state index in [0.717, 1.165) is 5.92 Å². The van der Waals surface area contributed by atoms with Crippen molar-refractivity contribution in [1.82, 2.24) is 5.32 Å². The number of aryl methyl sites for hydroxylation is 2. The van der Waals surface area contributed by atoms with E-state index in [4.69, 9.17) is 0 Å². The predicted octanol–water partition coefficient (Wildman–Crippen LogP) is 3.27. The number of hydrogen-bond donors (Lipinski definition) is 1. The maximum absolute atomic E-state index is 3.48. The minimum atomic E-state index is 0. The number of hydrogen-bond acceptors (Lipinski definition) is 1. The molecule has 1 aliphatic heterocycles. The summed E-state index contributed by atoms with van der Waals surface area (Å²) in [5.41, 5.74) is 4.34. The average Bonchev–Trinajstić information content (AvgIpc) is 2.25. The van der Waals surface area contributed by atoms with Gasteiger partial charge in [-0.25, -0.2) is 0 Å². The fourth-order valence-corrected chi connectivity index (χ4v) is 2.36. The minimum absolute atomic E-state index is 0. The van der Waals surface area contributed by atoms with Gasteiger partial charge in [-0.2, -0.15) is 0 Å². The Labute approximate surface area is 105 Å². The Morgan fingerprint density at radius 2 is 2.06 bits per heavy atom. The van der Waals surface area contributed by atoms with E-state index in [9.17, 15) is 0 Å². The van der Waals surface area contributed by atoms with Crippen LogP contribution < -0.4 is 5.32 Å². The van der Waals surface area contributed by atoms with Crippen molar-refractivity contribution in [1.29, 1.82) is 0 Å². The van der Waals surface area contributed by atoms with Gasteiger partial charge in [0, 0.05) is 0 Å². The topological polar surface area (TPSA) is 12.0 Å². The first kappa shape index (κ1) is 13.5. The van der Waals surface area contributed by atoms with Gasteiger partial charge in [0.2, 0.25) is 0 Å². The molecule has 0 aliphatic carbocycles. The summed E-state index contributed by atoms with van der Waals surface area (Å²) in [6.07, 6.45) is 3.98. The molecule has 1 aromatic carbocycles. The van der Waals surface area contributed by atoms with Crippen LogP contribution in [0.5, 0.6) is 0 Å². The lowest BCUT2D eigenvalue weighted by Gasteiger charge is -2.22. The highest BCUT2D eigenvalue weighted by Crippen LogP contribution is 2.18. The zero-order valence-electron chi connectivity index (χ0n) is 10.3. The molecule has 0 radical (unpaired) electrons. The number of rotatable bonds is 2. The average molecular weight is 240 g/mol. The van der Waals surface area contributed by atoms with Crippen LogP contribution in [0.2, 0.25) is 0 Å². The van der Waals surface area contributed by atoms with Crippen molar-refractivity contribution in [2.24, 2.45) is 5.92 Å². The summed E-state index contributed by atoms with van der Waals surface area (Å²) in [6.45, 7) is 6.80. The molecule has 2 heteroatoms. The maximum Gasteiger partial charge on any atom is -0.00173 e. The highest BCUT2D eigenvalue weighted by Gasteiger charge is 2.13. The van der Waals surface area contributed by atoms with Gasteiger partial charge in [-0.05, 0) is 68.8 Å². The van der Waals surface area contributed by atoms with Crippen LogP contribution in [0.15, 0.2) is 18.2 Å². The lowest BCUT2D eigenvalue weighted by molar-refractivity contribution is 0.376. The molecule has 1 nitrogen and oxygen atoms in total. The first-order chi connectivity index (χ1) is 7.25. The highest BCUT2D eigenvalue weighted by molar-refractivity contribution is 5.85. The van der Waals surface area contributed by atoms with Gasteiger partial charge in [-0.1, -0.05) is 18.2 Å². The molecular formula is C14H22ClN. The summed E-state index contributed by atoms with van der Waals surface area (Å²) in [7, 11) is 0. The minimum Gasteiger partial charge on any atom is -0.316 e. The molecule has 1 N–H and O–H groups in total. The van der Waals surface area contributed by atoms with Gasteiger partial charge in [-0.15, -0.1) is 12.4 Å². The van der Waals surface area contributed by atoms with E-state index in [1.807, 2.05) is 0 Å². The highest BCUT2D eigenvalue weighted by atomic mass is 35.5. The van der Waals surface area contributed by atoms with Crippen LogP contribution in [-0.2, 0) is 6.42 Å². The second-order valence-electron chi connectivity index (χ2n) is 4.84. The molecule has 0 aromatic heterocycles. The van der Waals surface area contributed by atoms with Gasteiger partial charge >= 0.3 is 0 Å². The molecule has 1 atom stereocenters. The largest absolute Gasteiger partial charge is 0.316 e. The summed E-state index contributed by atoms with van der Waals surface area (Å²) in [5, 5.41) is 3.48. The molecule has 1 aromatic rings. The first-order valence-electron chi connectivity index (χ1n) is 6.02. The molecule has 1 aliphatic rings. The van der Waals surface area contributed by atoms with Gasteiger partial charge < -0.3 is 5.32 Å². The molecule has 1 unspecified atom stereocenters. The van der Waals surface area contributed by atoms with Gasteiger partial charge in [-0.3, -0.25) is 0 Å². The molecule has 0 amide bonds. The molecule has 1 saturated heterocycles. The third-order valence-electron chi connectivity index (χ3n) is 3.49. The monoisotopic (exact) mass is 239 g/mol. The zero-order chi connectivity index (χ0) is 10.7. The van der Waals surface area contributed by atoms with E-state index < -0.39 is 0 Å². The van der Waals surface area contributed by atoms with Crippen molar-refractivity contribution < 1.29 is 0 Å². The lowest BCUT2D eigenvalue weighted by Crippen LogP contribution is -2.30. The van der Waals surface area contributed by atoms with Crippen LogP contribution in [0.1, 0.15) is 29.5 Å². The predicted molar refractivity (Wildman–Crippen MR) is 72.5 cm³/mol. The van der Waals surface area contributed by atoms with E-state index in [-0.39, 0.29) is 12.4 Å². The molecular weight excluding hydrogens is 218 g/mol. The molecule has 2 rings (SSSR count). The van der Waals surface area contributed by atoms with E-state index in [1.165, 1.54) is 49.0 Å². The van der Waals surface area contributed by atoms with Gasteiger partial charge in [0.25, 0.3) is 0 Å². The molecule has 0 spiro atoms. The fraction of sp³-hybridized carbons (Fsp3) is 0.571. The van der Waals surface area contributed by atoms with Crippen molar-refractivity contribution in [3.8, 4) is 0 Å². The molecule has 0 bridgehead atoms. The first-order valence-corrected chi connectivity index (χ1v) is 6.02. The van der Waals surface area contributed by atoms with E-state index in [0.29, 0.717) is 0 Å². The van der Waals surface area contributed by atoms with E-state index >= 15 is 0 Å². The standard InChI is InChI=1S/C14H21N.ClH/c1-11-5-6-13(8-12(11)2)9-14-4-3-7-15-10-14;/h5-6,8,14-15H,3-4,7,9-10H2,1-2H3;1H. The van der Waals surface area contributed by atoms with Gasteiger partial charge in [0.1, 0.15) is 0 Å². The third kappa shape index (κ3) is 3.50. The number of halogens is 1. The Balaban J connectivity index is 0.00000128. The third-order valence-corrected chi connectivity index (χ3v) is 3.49. The molecule has 16 heavy (non-hydrogen) atoms. The molecule has 1 fully saturated rings. The molecule has 90 valence electrons. The summed E-state index contributed by atoms with van der Waals surface area (Å²) >= 11 is 0. The van der Waals surface area contributed by atoms with Crippen LogP contribution in [-0.4, -0.2) is 13.1 Å². The molecule has 0 saturated carbocycles. The Morgan fingerprint density at radius 1 is 1.25 bits per heavy atom. The number of nitrogens with one attached hydrogen (secondary N) is 1. The zero-order valence-corrected chi connectivity index (χ0v) is 11.1. The smallest absolute Gasteiger partial charge is 0.00173 e. The summed E-state index contributed by atoms with van der Waals surface area (Å²) in [5.74, 6) is 0.848. The normalized spacial score (nSPS) is 20.2. The van der Waals surface area contributed by atoms with Crippen LogP contribution in [0, 0.1) is 19.8 Å². The SMILES string of the molecule is Cc1ccc(CC2CCCNC2)cc1C.Cl. The van der Waals surface area contributed by atoms with Crippen molar-refractivity contribution >= 4 is 12.4 Å². The number of benzene rings is 1. The Hall–Kier alpha value is -0.530. The van der Waals surface area contributed by atoms with Crippen molar-refractivity contribution in [2.45, 2.75) is 33.1 Å². The quantitative estimate of drug-likeness (QED) is 0.836. The van der Waals surface area contributed by atoms with E-state index in [2.05, 4.69) is 37.4 Å². The summed E-state index contributed by atoms with van der Waals surface area (Å²) in [6, 6.07) is 6.89. The summed E-state index contributed by atoms with van der Waals surface area (Å²) in [4.78, 5) is 0. The summed E-state index contributed by atoms with van der Waals surface area (Å²) < 4.78 is 0. The molecule has 1 heterocycles. The van der Waals surface area contributed by atoms with Crippen molar-refractivity contribution in [3.05, 3.63) is 34.9 Å². The number of piperidine rings is 1. The van der Waals surface area contributed by atoms with Crippen LogP contribution in [0.4, 0.5) is 0 Å². The van der Waals surface area contributed by atoms with Crippen LogP contribution in [0.25, 0.3) is 0 Å². The van der Waals surface area contributed by atoms with Crippen LogP contribution >= 0.6 is 12.4 Å². The fourth-order valence-electron chi connectivity index (χ4n) is 2.36. The van der Waals surface area contributed by atoms with Crippen molar-refractivity contribution in [2.75, 3.05) is 13.1 Å². The van der Waals surface area contributed by atoms with E-state index in [1.54, 1.807) is 0 Å². The lowest BCUT2D eigenvalue weighted by atomic mass is 9.91. The Kier molecular flexibility index (Phi) is 5.30. The Bertz CT molecular complexity index is 330.